The largest absolute Gasteiger partial charge is 0.100 e. The fourth-order valence-corrected chi connectivity index (χ4v) is 1.30. The third kappa shape index (κ3) is 3.45. The van der Waals surface area contributed by atoms with Crippen LogP contribution in [0, 0.1) is 0 Å². The molecule has 1 aromatic rings. The van der Waals surface area contributed by atoms with Crippen LogP contribution in [0.3, 0.4) is 0 Å². The van der Waals surface area contributed by atoms with Gasteiger partial charge in [0, 0.05) is 0 Å². The first-order chi connectivity index (χ1) is 6.22. The van der Waals surface area contributed by atoms with Gasteiger partial charge in [0.2, 0.25) is 0 Å². The van der Waals surface area contributed by atoms with Crippen LogP contribution in [0.1, 0.15) is 31.4 Å². The molecule has 0 saturated carbocycles. The van der Waals surface area contributed by atoms with Gasteiger partial charge in [-0.1, -0.05) is 36.8 Å². The fourth-order valence-electron chi connectivity index (χ4n) is 1.30. The average Bonchev–Trinajstić information content (AvgIpc) is 2.15. The minimum atomic E-state index is 1.10. The second-order valence-corrected chi connectivity index (χ2v) is 3.63. The van der Waals surface area contributed by atoms with Gasteiger partial charge in [0.1, 0.15) is 0 Å². The van der Waals surface area contributed by atoms with E-state index in [1.807, 2.05) is 0 Å². The van der Waals surface area contributed by atoms with Crippen molar-refractivity contribution in [2.24, 2.45) is 0 Å². The summed E-state index contributed by atoms with van der Waals surface area (Å²) in [4.78, 5) is 0. The number of hydrogen-bond acceptors (Lipinski definition) is 0. The number of benzene rings is 1. The third-order valence-electron chi connectivity index (χ3n) is 2.27. The Bertz CT molecular complexity index is 267. The Hall–Kier alpha value is -1.04. The molecule has 0 nitrogen and oxygen atoms in total. The standard InChI is InChI=1S/C13H18/c1-4-12-7-9-13(10-8-12)6-5-11(2)3/h7-10H,2,4-6H2,1,3H3. The number of hydrogen-bond donors (Lipinski definition) is 0. The minimum Gasteiger partial charge on any atom is -0.100 e. The summed E-state index contributed by atoms with van der Waals surface area (Å²) in [6.45, 7) is 8.17. The Morgan fingerprint density at radius 3 is 2.15 bits per heavy atom. The van der Waals surface area contributed by atoms with Crippen molar-refractivity contribution in [3.63, 3.8) is 0 Å². The van der Waals surface area contributed by atoms with Gasteiger partial charge in [0.05, 0.1) is 0 Å². The van der Waals surface area contributed by atoms with Crippen molar-refractivity contribution in [1.82, 2.24) is 0 Å². The highest BCUT2D eigenvalue weighted by molar-refractivity contribution is 5.23. The molecule has 0 amide bonds. The Labute approximate surface area is 81.3 Å². The van der Waals surface area contributed by atoms with Crippen LogP contribution in [0.5, 0.6) is 0 Å². The lowest BCUT2D eigenvalue weighted by molar-refractivity contribution is 0.943. The van der Waals surface area contributed by atoms with E-state index in [2.05, 4.69) is 44.7 Å². The van der Waals surface area contributed by atoms with E-state index >= 15 is 0 Å². The maximum atomic E-state index is 3.90. The Kier molecular flexibility index (Phi) is 3.75. The second kappa shape index (κ2) is 4.86. The van der Waals surface area contributed by atoms with Crippen LogP contribution in [0.4, 0.5) is 0 Å². The highest BCUT2D eigenvalue weighted by atomic mass is 14.0. The molecule has 0 aromatic heterocycles. The van der Waals surface area contributed by atoms with E-state index in [1.165, 1.54) is 16.7 Å². The monoisotopic (exact) mass is 174 g/mol. The summed E-state index contributed by atoms with van der Waals surface area (Å²) in [5, 5.41) is 0. The van der Waals surface area contributed by atoms with Gasteiger partial charge in [-0.3, -0.25) is 0 Å². The zero-order valence-electron chi connectivity index (χ0n) is 8.64. The number of aryl methyl sites for hydroxylation is 2. The highest BCUT2D eigenvalue weighted by Crippen LogP contribution is 2.09. The van der Waals surface area contributed by atoms with Crippen molar-refractivity contribution in [3.8, 4) is 0 Å². The SMILES string of the molecule is C=C(C)CCc1ccc(CC)cc1. The molecule has 1 rings (SSSR count). The zero-order chi connectivity index (χ0) is 9.68. The fraction of sp³-hybridized carbons (Fsp3) is 0.385. The lowest BCUT2D eigenvalue weighted by atomic mass is 10.0. The lowest BCUT2D eigenvalue weighted by Gasteiger charge is -2.02. The van der Waals surface area contributed by atoms with Gasteiger partial charge in [-0.05, 0) is 37.3 Å². The van der Waals surface area contributed by atoms with E-state index in [0.29, 0.717) is 0 Å². The van der Waals surface area contributed by atoms with Crippen molar-refractivity contribution < 1.29 is 0 Å². The van der Waals surface area contributed by atoms with Crippen LogP contribution in [-0.2, 0) is 12.8 Å². The van der Waals surface area contributed by atoms with E-state index < -0.39 is 0 Å². The summed E-state index contributed by atoms with van der Waals surface area (Å²) in [5.41, 5.74) is 4.10. The molecule has 0 atom stereocenters. The average molecular weight is 174 g/mol. The minimum absolute atomic E-state index is 1.10. The molecule has 0 aliphatic rings. The summed E-state index contributed by atoms with van der Waals surface area (Å²) < 4.78 is 0. The van der Waals surface area contributed by atoms with Gasteiger partial charge in [0.15, 0.2) is 0 Å². The van der Waals surface area contributed by atoms with E-state index in [0.717, 1.165) is 19.3 Å². The van der Waals surface area contributed by atoms with Crippen LogP contribution in [0.15, 0.2) is 36.4 Å². The van der Waals surface area contributed by atoms with Crippen LogP contribution >= 0.6 is 0 Å². The van der Waals surface area contributed by atoms with Crippen LogP contribution in [0.2, 0.25) is 0 Å². The molecule has 0 N–H and O–H groups in total. The molecule has 0 spiro atoms. The molecule has 0 heterocycles. The molecule has 0 aliphatic heterocycles. The Balaban J connectivity index is 2.54. The van der Waals surface area contributed by atoms with Crippen molar-refractivity contribution in [1.29, 1.82) is 0 Å². The van der Waals surface area contributed by atoms with Crippen LogP contribution in [0.25, 0.3) is 0 Å². The Morgan fingerprint density at radius 2 is 1.69 bits per heavy atom. The molecule has 1 aromatic carbocycles. The molecule has 0 aliphatic carbocycles. The Morgan fingerprint density at radius 1 is 1.15 bits per heavy atom. The van der Waals surface area contributed by atoms with Crippen molar-refractivity contribution in [2.75, 3.05) is 0 Å². The van der Waals surface area contributed by atoms with Crippen LogP contribution < -0.4 is 0 Å². The molecular formula is C13H18. The summed E-state index contributed by atoms with van der Waals surface area (Å²) in [7, 11) is 0. The zero-order valence-corrected chi connectivity index (χ0v) is 8.64. The van der Waals surface area contributed by atoms with Crippen LogP contribution in [-0.4, -0.2) is 0 Å². The molecule has 0 fully saturated rings. The van der Waals surface area contributed by atoms with Crippen molar-refractivity contribution in [2.45, 2.75) is 33.1 Å². The molecule has 70 valence electrons. The van der Waals surface area contributed by atoms with Gasteiger partial charge in [-0.15, -0.1) is 6.58 Å². The summed E-state index contributed by atoms with van der Waals surface area (Å²) in [5.74, 6) is 0. The predicted octanol–water partition coefficient (Wildman–Crippen LogP) is 3.76. The number of allylic oxidation sites excluding steroid dienone is 1. The smallest absolute Gasteiger partial charge is 0.0242 e. The van der Waals surface area contributed by atoms with Gasteiger partial charge in [0.25, 0.3) is 0 Å². The van der Waals surface area contributed by atoms with E-state index in [4.69, 9.17) is 0 Å². The predicted molar refractivity (Wildman–Crippen MR) is 59.0 cm³/mol. The normalized spacial score (nSPS) is 10.0. The topological polar surface area (TPSA) is 0 Å². The quantitative estimate of drug-likeness (QED) is 0.610. The first-order valence-electron chi connectivity index (χ1n) is 4.94. The molecule has 13 heavy (non-hydrogen) atoms. The molecule has 0 saturated heterocycles. The van der Waals surface area contributed by atoms with E-state index in [9.17, 15) is 0 Å². The maximum absolute atomic E-state index is 3.90. The van der Waals surface area contributed by atoms with Gasteiger partial charge in [-0.25, -0.2) is 0 Å². The first kappa shape index (κ1) is 10.0. The van der Waals surface area contributed by atoms with E-state index in [-0.39, 0.29) is 0 Å². The summed E-state index contributed by atoms with van der Waals surface area (Å²) >= 11 is 0. The highest BCUT2D eigenvalue weighted by Gasteiger charge is 1.93. The molecular weight excluding hydrogens is 156 g/mol. The van der Waals surface area contributed by atoms with Gasteiger partial charge in [-0.2, -0.15) is 0 Å². The van der Waals surface area contributed by atoms with Gasteiger partial charge >= 0.3 is 0 Å². The lowest BCUT2D eigenvalue weighted by Crippen LogP contribution is -1.87. The molecule has 0 radical (unpaired) electrons. The van der Waals surface area contributed by atoms with E-state index in [1.54, 1.807) is 0 Å². The molecule has 0 bridgehead atoms. The maximum Gasteiger partial charge on any atom is -0.0242 e. The number of rotatable bonds is 4. The van der Waals surface area contributed by atoms with Gasteiger partial charge < -0.3 is 0 Å². The second-order valence-electron chi connectivity index (χ2n) is 3.63. The summed E-state index contributed by atoms with van der Waals surface area (Å²) in [6, 6.07) is 8.88. The molecule has 0 unspecified atom stereocenters. The first-order valence-corrected chi connectivity index (χ1v) is 4.94. The van der Waals surface area contributed by atoms with Crippen molar-refractivity contribution in [3.05, 3.63) is 47.5 Å². The third-order valence-corrected chi connectivity index (χ3v) is 2.27. The van der Waals surface area contributed by atoms with Crippen molar-refractivity contribution >= 4 is 0 Å². The molecule has 0 heteroatoms. The summed E-state index contributed by atoms with van der Waals surface area (Å²) in [6.07, 6.45) is 3.35.